The fourth-order valence-electron chi connectivity index (χ4n) is 3.24. The molecule has 3 rings (SSSR count). The standard InChI is InChI=1S/C23H24Cl2N4O2/c1-3-28(14-17-9-5-4-6-10-17)20(30)13-26-23(31)21-16(2)27-29(22(21)25)15-18-11-7-8-12-19(18)24/h4-12H,3,13-15H2,1-2H3,(H,26,31). The van der Waals surface area contributed by atoms with Gasteiger partial charge in [0.05, 0.1) is 24.3 Å². The third-order valence-electron chi connectivity index (χ3n) is 4.92. The summed E-state index contributed by atoms with van der Waals surface area (Å²) in [7, 11) is 0. The lowest BCUT2D eigenvalue weighted by atomic mass is 10.2. The Labute approximate surface area is 191 Å². The molecule has 0 saturated heterocycles. The highest BCUT2D eigenvalue weighted by Crippen LogP contribution is 2.23. The SMILES string of the molecule is CCN(Cc1ccccc1)C(=O)CNC(=O)c1c(C)nn(Cc2ccccc2Cl)c1Cl. The maximum Gasteiger partial charge on any atom is 0.256 e. The lowest BCUT2D eigenvalue weighted by Crippen LogP contribution is -2.39. The molecule has 0 atom stereocenters. The lowest BCUT2D eigenvalue weighted by molar-refractivity contribution is -0.130. The van der Waals surface area contributed by atoms with Crippen molar-refractivity contribution in [3.05, 3.63) is 87.2 Å². The first kappa shape index (κ1) is 22.8. The van der Waals surface area contributed by atoms with Crippen LogP contribution in [0.5, 0.6) is 0 Å². The smallest absolute Gasteiger partial charge is 0.256 e. The van der Waals surface area contributed by atoms with Gasteiger partial charge in [0.2, 0.25) is 5.91 Å². The predicted octanol–water partition coefficient (Wildman–Crippen LogP) is 4.33. The molecule has 1 heterocycles. The summed E-state index contributed by atoms with van der Waals surface area (Å²) in [5, 5.41) is 7.85. The van der Waals surface area contributed by atoms with Crippen LogP contribution in [0.2, 0.25) is 10.2 Å². The van der Waals surface area contributed by atoms with Crippen LogP contribution in [-0.4, -0.2) is 39.6 Å². The molecule has 0 radical (unpaired) electrons. The average Bonchev–Trinajstić information content (AvgIpc) is 3.05. The van der Waals surface area contributed by atoms with E-state index in [4.69, 9.17) is 23.2 Å². The summed E-state index contributed by atoms with van der Waals surface area (Å²) >= 11 is 12.7. The second kappa shape index (κ2) is 10.5. The van der Waals surface area contributed by atoms with Gasteiger partial charge in [-0.05, 0) is 31.0 Å². The minimum absolute atomic E-state index is 0.120. The first-order chi connectivity index (χ1) is 14.9. The van der Waals surface area contributed by atoms with Crippen LogP contribution in [-0.2, 0) is 17.9 Å². The molecule has 0 spiro atoms. The van der Waals surface area contributed by atoms with Crippen LogP contribution in [0, 0.1) is 6.92 Å². The number of likely N-dealkylation sites (N-methyl/N-ethyl adjacent to an activating group) is 1. The Morgan fingerprint density at radius 2 is 1.74 bits per heavy atom. The van der Waals surface area contributed by atoms with Crippen molar-refractivity contribution >= 4 is 35.0 Å². The quantitative estimate of drug-likeness (QED) is 0.546. The highest BCUT2D eigenvalue weighted by Gasteiger charge is 2.22. The molecule has 6 nitrogen and oxygen atoms in total. The summed E-state index contributed by atoms with van der Waals surface area (Å²) in [4.78, 5) is 27.0. The molecular formula is C23H24Cl2N4O2. The number of carbonyl (C=O) groups excluding carboxylic acids is 2. The Morgan fingerprint density at radius 3 is 2.42 bits per heavy atom. The van der Waals surface area contributed by atoms with Crippen LogP contribution in [0.25, 0.3) is 0 Å². The van der Waals surface area contributed by atoms with Crippen molar-refractivity contribution in [2.45, 2.75) is 26.9 Å². The van der Waals surface area contributed by atoms with E-state index in [-0.39, 0.29) is 23.2 Å². The molecule has 1 N–H and O–H groups in total. The topological polar surface area (TPSA) is 67.2 Å². The van der Waals surface area contributed by atoms with E-state index in [1.54, 1.807) is 17.9 Å². The number of halogens is 2. The Bertz CT molecular complexity index is 1070. The van der Waals surface area contributed by atoms with Gasteiger partial charge >= 0.3 is 0 Å². The summed E-state index contributed by atoms with van der Waals surface area (Å²) in [6, 6.07) is 17.1. The zero-order chi connectivity index (χ0) is 22.4. The van der Waals surface area contributed by atoms with Gasteiger partial charge in [-0.25, -0.2) is 4.68 Å². The van der Waals surface area contributed by atoms with E-state index in [1.807, 2.05) is 55.5 Å². The van der Waals surface area contributed by atoms with E-state index in [0.717, 1.165) is 11.1 Å². The van der Waals surface area contributed by atoms with Crippen molar-refractivity contribution in [3.8, 4) is 0 Å². The maximum atomic E-state index is 12.7. The van der Waals surface area contributed by atoms with Gasteiger partial charge in [-0.15, -0.1) is 0 Å². The monoisotopic (exact) mass is 458 g/mol. The molecule has 1 aromatic heterocycles. The zero-order valence-corrected chi connectivity index (χ0v) is 19.0. The molecule has 2 aromatic carbocycles. The third kappa shape index (κ3) is 5.66. The second-order valence-electron chi connectivity index (χ2n) is 7.08. The molecule has 162 valence electrons. The van der Waals surface area contributed by atoms with E-state index in [2.05, 4.69) is 10.4 Å². The van der Waals surface area contributed by atoms with E-state index >= 15 is 0 Å². The number of aromatic nitrogens is 2. The lowest BCUT2D eigenvalue weighted by Gasteiger charge is -2.21. The first-order valence-electron chi connectivity index (χ1n) is 9.97. The summed E-state index contributed by atoms with van der Waals surface area (Å²) in [6.07, 6.45) is 0. The van der Waals surface area contributed by atoms with Gasteiger partial charge in [0.1, 0.15) is 5.15 Å². The maximum absolute atomic E-state index is 12.7. The molecule has 0 aliphatic rings. The third-order valence-corrected chi connectivity index (χ3v) is 5.67. The van der Waals surface area contributed by atoms with Crippen molar-refractivity contribution in [2.75, 3.05) is 13.1 Å². The minimum Gasteiger partial charge on any atom is -0.343 e. The minimum atomic E-state index is -0.433. The number of nitrogens with one attached hydrogen (secondary N) is 1. The molecule has 0 unspecified atom stereocenters. The highest BCUT2D eigenvalue weighted by molar-refractivity contribution is 6.33. The van der Waals surface area contributed by atoms with Crippen molar-refractivity contribution in [1.82, 2.24) is 20.0 Å². The average molecular weight is 459 g/mol. The Balaban J connectivity index is 1.65. The van der Waals surface area contributed by atoms with Crippen LogP contribution in [0.15, 0.2) is 54.6 Å². The van der Waals surface area contributed by atoms with Gasteiger partial charge in [-0.2, -0.15) is 5.10 Å². The zero-order valence-electron chi connectivity index (χ0n) is 17.4. The normalized spacial score (nSPS) is 10.7. The number of hydrogen-bond donors (Lipinski definition) is 1. The number of benzene rings is 2. The molecule has 31 heavy (non-hydrogen) atoms. The number of carbonyl (C=O) groups is 2. The summed E-state index contributed by atoms with van der Waals surface area (Å²) in [6.45, 7) is 4.86. The van der Waals surface area contributed by atoms with E-state index in [1.165, 1.54) is 4.68 Å². The Hall–Kier alpha value is -2.83. The van der Waals surface area contributed by atoms with Gasteiger partial charge in [-0.3, -0.25) is 9.59 Å². The van der Waals surface area contributed by atoms with Gasteiger partial charge in [-0.1, -0.05) is 71.7 Å². The predicted molar refractivity (Wildman–Crippen MR) is 122 cm³/mol. The first-order valence-corrected chi connectivity index (χ1v) is 10.7. The fraction of sp³-hybridized carbons (Fsp3) is 0.261. The van der Waals surface area contributed by atoms with Crippen LogP contribution in [0.4, 0.5) is 0 Å². The number of hydrogen-bond acceptors (Lipinski definition) is 3. The van der Waals surface area contributed by atoms with Crippen molar-refractivity contribution in [1.29, 1.82) is 0 Å². The van der Waals surface area contributed by atoms with Crippen molar-refractivity contribution in [3.63, 3.8) is 0 Å². The number of amides is 2. The van der Waals surface area contributed by atoms with Crippen LogP contribution >= 0.6 is 23.2 Å². The molecule has 0 fully saturated rings. The summed E-state index contributed by atoms with van der Waals surface area (Å²) in [5.41, 5.74) is 2.62. The van der Waals surface area contributed by atoms with Crippen molar-refractivity contribution < 1.29 is 9.59 Å². The molecular weight excluding hydrogens is 435 g/mol. The van der Waals surface area contributed by atoms with Gasteiger partial charge in [0.25, 0.3) is 5.91 Å². The molecule has 0 aliphatic heterocycles. The molecule has 0 bridgehead atoms. The summed E-state index contributed by atoms with van der Waals surface area (Å²) in [5.74, 6) is -0.603. The number of rotatable bonds is 8. The van der Waals surface area contributed by atoms with Crippen LogP contribution in [0.3, 0.4) is 0 Å². The van der Waals surface area contributed by atoms with Crippen LogP contribution < -0.4 is 5.32 Å². The molecule has 3 aromatic rings. The van der Waals surface area contributed by atoms with E-state index in [9.17, 15) is 9.59 Å². The molecule has 0 aliphatic carbocycles. The van der Waals surface area contributed by atoms with Gasteiger partial charge < -0.3 is 10.2 Å². The van der Waals surface area contributed by atoms with Gasteiger partial charge in [0.15, 0.2) is 0 Å². The molecule has 2 amide bonds. The molecule has 8 heteroatoms. The largest absolute Gasteiger partial charge is 0.343 e. The fourth-order valence-corrected chi connectivity index (χ4v) is 3.76. The van der Waals surface area contributed by atoms with E-state index < -0.39 is 5.91 Å². The second-order valence-corrected chi connectivity index (χ2v) is 7.84. The summed E-state index contributed by atoms with van der Waals surface area (Å²) < 4.78 is 1.53. The van der Waals surface area contributed by atoms with E-state index in [0.29, 0.717) is 30.4 Å². The van der Waals surface area contributed by atoms with Crippen molar-refractivity contribution in [2.24, 2.45) is 0 Å². The molecule has 0 saturated carbocycles. The highest BCUT2D eigenvalue weighted by atomic mass is 35.5. The Morgan fingerprint density at radius 1 is 1.06 bits per heavy atom. The van der Waals surface area contributed by atoms with Gasteiger partial charge in [0, 0.05) is 18.1 Å². The number of nitrogens with zero attached hydrogens (tertiary/aromatic N) is 3. The number of aryl methyl sites for hydroxylation is 1. The Kier molecular flexibility index (Phi) is 7.71. The van der Waals surface area contributed by atoms with Crippen LogP contribution in [0.1, 0.15) is 34.1 Å².